The van der Waals surface area contributed by atoms with E-state index in [4.69, 9.17) is 0 Å². The van der Waals surface area contributed by atoms with E-state index in [-0.39, 0.29) is 5.78 Å². The van der Waals surface area contributed by atoms with Crippen molar-refractivity contribution in [2.24, 2.45) is 0 Å². The van der Waals surface area contributed by atoms with Crippen molar-refractivity contribution in [1.82, 2.24) is 4.98 Å². The number of carbonyl (C=O) groups is 1. The highest BCUT2D eigenvalue weighted by Crippen LogP contribution is 2.22. The van der Waals surface area contributed by atoms with Crippen LogP contribution in [0, 0.1) is 0 Å². The van der Waals surface area contributed by atoms with Gasteiger partial charge in [-0.1, -0.05) is 0 Å². The summed E-state index contributed by atoms with van der Waals surface area (Å²) < 4.78 is 0.991. The summed E-state index contributed by atoms with van der Waals surface area (Å²) in [5.41, 5.74) is 2.52. The number of Topliss-reactive ketones (excluding diaryl/α,β-unsaturated/α-hetero) is 1. The first-order chi connectivity index (χ1) is 6.75. The molecule has 0 fully saturated rings. The molecule has 2 nitrogen and oxygen atoms in total. The monoisotopic (exact) mass is 287 g/mol. The fraction of sp³-hybridized carbons (Fsp3) is 0.111. The lowest BCUT2D eigenvalue weighted by Gasteiger charge is -1.93. The van der Waals surface area contributed by atoms with Crippen molar-refractivity contribution in [2.75, 3.05) is 0 Å². The van der Waals surface area contributed by atoms with Gasteiger partial charge in [-0.15, -0.1) is 22.7 Å². The van der Waals surface area contributed by atoms with Crippen molar-refractivity contribution in [1.29, 1.82) is 0 Å². The molecule has 0 N–H and O–H groups in total. The molecule has 0 bridgehead atoms. The molecule has 5 heteroatoms. The number of hydrogen-bond donors (Lipinski definition) is 0. The van der Waals surface area contributed by atoms with E-state index < -0.39 is 0 Å². The van der Waals surface area contributed by atoms with Crippen molar-refractivity contribution in [2.45, 2.75) is 6.42 Å². The van der Waals surface area contributed by atoms with Gasteiger partial charge in [-0.05, 0) is 22.0 Å². The first-order valence-corrected chi connectivity index (χ1v) is 6.45. The average Bonchev–Trinajstić information content (AvgIpc) is 2.75. The highest BCUT2D eigenvalue weighted by Gasteiger charge is 2.09. The summed E-state index contributed by atoms with van der Waals surface area (Å²) in [4.78, 5) is 16.6. The molecule has 0 radical (unpaired) electrons. The fourth-order valence-corrected chi connectivity index (χ4v) is 2.80. The molecule has 2 aromatic heterocycles. The third kappa shape index (κ3) is 2.29. The maximum absolute atomic E-state index is 11.7. The second kappa shape index (κ2) is 4.33. The Balaban J connectivity index is 2.10. The molecule has 0 saturated heterocycles. The van der Waals surface area contributed by atoms with E-state index in [1.54, 1.807) is 11.7 Å². The van der Waals surface area contributed by atoms with E-state index in [1.807, 2.05) is 11.4 Å². The van der Waals surface area contributed by atoms with Gasteiger partial charge in [0, 0.05) is 28.4 Å². The molecule has 0 amide bonds. The highest BCUT2D eigenvalue weighted by atomic mass is 79.9. The number of halogens is 1. The number of carbonyl (C=O) groups excluding carboxylic acids is 1. The van der Waals surface area contributed by atoms with Crippen LogP contribution >= 0.6 is 38.6 Å². The van der Waals surface area contributed by atoms with Crippen LogP contribution in [0.4, 0.5) is 0 Å². The third-order valence-corrected chi connectivity index (χ3v) is 3.99. The van der Waals surface area contributed by atoms with E-state index >= 15 is 0 Å². The molecular weight excluding hydrogens is 282 g/mol. The molecule has 72 valence electrons. The van der Waals surface area contributed by atoms with E-state index in [1.165, 1.54) is 22.7 Å². The first kappa shape index (κ1) is 10.0. The predicted molar refractivity (Wildman–Crippen MR) is 62.2 cm³/mol. The molecule has 2 aromatic rings. The lowest BCUT2D eigenvalue weighted by molar-refractivity contribution is 0.0994. The smallest absolute Gasteiger partial charge is 0.168 e. The van der Waals surface area contributed by atoms with Gasteiger partial charge in [0.05, 0.1) is 9.30 Å². The number of thiophene rings is 1. The maximum atomic E-state index is 11.7. The van der Waals surface area contributed by atoms with Crippen LogP contribution in [0.3, 0.4) is 0 Å². The minimum Gasteiger partial charge on any atom is -0.294 e. The van der Waals surface area contributed by atoms with E-state index in [0.717, 1.165) is 14.2 Å². The van der Waals surface area contributed by atoms with Crippen molar-refractivity contribution < 1.29 is 4.79 Å². The van der Waals surface area contributed by atoms with Gasteiger partial charge in [-0.2, -0.15) is 0 Å². The quantitative estimate of drug-likeness (QED) is 0.810. The van der Waals surface area contributed by atoms with Crippen molar-refractivity contribution in [3.05, 3.63) is 37.4 Å². The van der Waals surface area contributed by atoms with E-state index in [9.17, 15) is 4.79 Å². The summed E-state index contributed by atoms with van der Waals surface area (Å²) in [6, 6.07) is 1.86. The number of nitrogens with zero attached hydrogens (tertiary/aromatic N) is 1. The summed E-state index contributed by atoms with van der Waals surface area (Å²) in [6.07, 6.45) is 2.19. The summed E-state index contributed by atoms with van der Waals surface area (Å²) in [5, 5.41) is 1.87. The van der Waals surface area contributed by atoms with Crippen LogP contribution in [0.25, 0.3) is 0 Å². The van der Waals surface area contributed by atoms with Crippen LogP contribution < -0.4 is 0 Å². The molecule has 0 aliphatic rings. The molecular formula is C9H6BrNOS2. The van der Waals surface area contributed by atoms with Crippen molar-refractivity contribution in [3.8, 4) is 0 Å². The Morgan fingerprint density at radius 2 is 2.36 bits per heavy atom. The minimum absolute atomic E-state index is 0.149. The van der Waals surface area contributed by atoms with Gasteiger partial charge in [0.15, 0.2) is 5.78 Å². The van der Waals surface area contributed by atoms with E-state index in [2.05, 4.69) is 20.9 Å². The third-order valence-electron chi connectivity index (χ3n) is 1.71. The zero-order valence-corrected chi connectivity index (χ0v) is 10.3. The first-order valence-electron chi connectivity index (χ1n) is 3.90. The van der Waals surface area contributed by atoms with Gasteiger partial charge >= 0.3 is 0 Å². The number of hydrogen-bond acceptors (Lipinski definition) is 4. The zero-order chi connectivity index (χ0) is 9.97. The van der Waals surface area contributed by atoms with Gasteiger partial charge < -0.3 is 0 Å². The van der Waals surface area contributed by atoms with Gasteiger partial charge in [0.25, 0.3) is 0 Å². The zero-order valence-electron chi connectivity index (χ0n) is 7.07. The lowest BCUT2D eigenvalue weighted by Crippen LogP contribution is -1.99. The summed E-state index contributed by atoms with van der Waals surface area (Å²) >= 11 is 6.38. The van der Waals surface area contributed by atoms with Crippen LogP contribution in [-0.4, -0.2) is 10.8 Å². The standard InChI is InChI=1S/C9H6BrNOS2/c10-9-1-6(4-13-9)8(12)2-7-3-11-5-14-7/h1,3-5H,2H2. The van der Waals surface area contributed by atoms with Gasteiger partial charge in [0.2, 0.25) is 0 Å². The molecule has 0 spiro atoms. The SMILES string of the molecule is O=C(Cc1cncs1)c1csc(Br)c1. The molecule has 0 aliphatic carbocycles. The van der Waals surface area contributed by atoms with Gasteiger partial charge in [-0.3, -0.25) is 9.78 Å². The molecule has 0 saturated carbocycles. The van der Waals surface area contributed by atoms with Crippen molar-refractivity contribution in [3.63, 3.8) is 0 Å². The van der Waals surface area contributed by atoms with Crippen LogP contribution in [0.15, 0.2) is 26.9 Å². The Morgan fingerprint density at radius 1 is 1.50 bits per heavy atom. The minimum atomic E-state index is 0.149. The Bertz CT molecular complexity index is 435. The predicted octanol–water partition coefficient (Wildman–Crippen LogP) is 3.39. The van der Waals surface area contributed by atoms with Crippen LogP contribution in [-0.2, 0) is 6.42 Å². The summed E-state index contributed by atoms with van der Waals surface area (Å²) in [7, 11) is 0. The Morgan fingerprint density at radius 3 is 2.93 bits per heavy atom. The normalized spacial score (nSPS) is 10.4. The largest absolute Gasteiger partial charge is 0.294 e. The van der Waals surface area contributed by atoms with Crippen LogP contribution in [0.5, 0.6) is 0 Å². The summed E-state index contributed by atoms with van der Waals surface area (Å²) in [5.74, 6) is 0.149. The number of ketones is 1. The number of rotatable bonds is 3. The topological polar surface area (TPSA) is 30.0 Å². The molecule has 0 atom stereocenters. The molecule has 2 rings (SSSR count). The Labute approximate surface area is 97.7 Å². The lowest BCUT2D eigenvalue weighted by atomic mass is 10.1. The fourth-order valence-electron chi connectivity index (χ4n) is 1.05. The van der Waals surface area contributed by atoms with E-state index in [0.29, 0.717) is 6.42 Å². The second-order valence-electron chi connectivity index (χ2n) is 2.71. The van der Waals surface area contributed by atoms with Crippen LogP contribution in [0.1, 0.15) is 15.2 Å². The number of aromatic nitrogens is 1. The molecule has 0 aromatic carbocycles. The molecule has 0 unspecified atom stereocenters. The molecule has 0 aliphatic heterocycles. The average molecular weight is 288 g/mol. The van der Waals surface area contributed by atoms with Crippen LogP contribution in [0.2, 0.25) is 0 Å². The van der Waals surface area contributed by atoms with Gasteiger partial charge in [-0.25, -0.2) is 0 Å². The Kier molecular flexibility index (Phi) is 3.10. The number of thiazole rings is 1. The second-order valence-corrected chi connectivity index (χ2v) is 5.97. The maximum Gasteiger partial charge on any atom is 0.168 e. The highest BCUT2D eigenvalue weighted by molar-refractivity contribution is 9.11. The summed E-state index contributed by atoms with van der Waals surface area (Å²) in [6.45, 7) is 0. The van der Waals surface area contributed by atoms with Crippen molar-refractivity contribution >= 4 is 44.4 Å². The molecule has 2 heterocycles. The molecule has 14 heavy (non-hydrogen) atoms. The van der Waals surface area contributed by atoms with Gasteiger partial charge in [0.1, 0.15) is 0 Å². The Hall–Kier alpha value is -0.520.